The van der Waals surface area contributed by atoms with Crippen LogP contribution in [-0.4, -0.2) is 15.8 Å². The summed E-state index contributed by atoms with van der Waals surface area (Å²) in [4.78, 5) is 20.4. The van der Waals surface area contributed by atoms with Gasteiger partial charge >= 0.3 is 0 Å². The Morgan fingerprint density at radius 3 is 2.75 bits per heavy atom. The number of anilines is 1. The predicted molar refractivity (Wildman–Crippen MR) is 73.0 cm³/mol. The number of nitrogen functional groups attached to an aromatic ring is 1. The van der Waals surface area contributed by atoms with Crippen molar-refractivity contribution in [1.82, 2.24) is 9.97 Å². The number of aryl methyl sites for hydroxylation is 1. The molecule has 3 rings (SSSR count). The minimum atomic E-state index is -0.285. The molecule has 1 unspecified atom stereocenters. The summed E-state index contributed by atoms with van der Waals surface area (Å²) in [5.74, 6) is -0.363. The van der Waals surface area contributed by atoms with Gasteiger partial charge in [0.25, 0.3) is 0 Å². The number of fused-ring (bicyclic) bond motifs is 1. The van der Waals surface area contributed by atoms with Crippen LogP contribution in [0.5, 0.6) is 0 Å². The molecule has 1 aromatic heterocycles. The first-order chi connectivity index (χ1) is 9.56. The van der Waals surface area contributed by atoms with E-state index in [1.54, 1.807) is 25.1 Å². The van der Waals surface area contributed by atoms with Gasteiger partial charge in [-0.15, -0.1) is 0 Å². The van der Waals surface area contributed by atoms with Crippen LogP contribution in [-0.2, 0) is 6.42 Å². The molecule has 0 saturated heterocycles. The first kappa shape index (κ1) is 12.7. The Morgan fingerprint density at radius 1 is 1.25 bits per heavy atom. The van der Waals surface area contributed by atoms with Crippen molar-refractivity contribution in [3.05, 3.63) is 52.6 Å². The van der Waals surface area contributed by atoms with Crippen LogP contribution < -0.4 is 5.73 Å². The normalized spacial score (nSPS) is 17.9. The average molecular weight is 271 g/mol. The highest BCUT2D eigenvalue weighted by atomic mass is 19.1. The molecular formula is C15H14FN3O. The fourth-order valence-electron chi connectivity index (χ4n) is 2.82. The first-order valence-corrected chi connectivity index (χ1v) is 6.47. The second-order valence-corrected chi connectivity index (χ2v) is 5.04. The summed E-state index contributed by atoms with van der Waals surface area (Å²) in [5, 5.41) is 0. The summed E-state index contributed by atoms with van der Waals surface area (Å²) >= 11 is 0. The Balaban J connectivity index is 2.05. The number of benzene rings is 1. The maximum atomic E-state index is 13.9. The van der Waals surface area contributed by atoms with Crippen LogP contribution >= 0.6 is 0 Å². The van der Waals surface area contributed by atoms with Gasteiger partial charge in [0.15, 0.2) is 5.78 Å². The molecule has 102 valence electrons. The molecule has 2 N–H and O–H groups in total. The highest BCUT2D eigenvalue weighted by Crippen LogP contribution is 2.34. The number of ketones is 1. The Hall–Kier alpha value is -2.30. The zero-order valence-corrected chi connectivity index (χ0v) is 11.1. The van der Waals surface area contributed by atoms with Gasteiger partial charge in [0.2, 0.25) is 5.95 Å². The van der Waals surface area contributed by atoms with Crippen LogP contribution in [0.2, 0.25) is 0 Å². The number of rotatable bonds is 1. The van der Waals surface area contributed by atoms with Crippen LogP contribution in [0.1, 0.15) is 39.6 Å². The van der Waals surface area contributed by atoms with E-state index in [2.05, 4.69) is 9.97 Å². The van der Waals surface area contributed by atoms with E-state index in [0.29, 0.717) is 28.9 Å². The summed E-state index contributed by atoms with van der Waals surface area (Å²) in [6.07, 6.45) is 0.789. The molecule has 1 aromatic carbocycles. The van der Waals surface area contributed by atoms with Gasteiger partial charge in [-0.2, -0.15) is 0 Å². The molecule has 0 saturated carbocycles. The molecule has 2 aromatic rings. The number of nitrogens with two attached hydrogens (primary N) is 1. The molecule has 20 heavy (non-hydrogen) atoms. The van der Waals surface area contributed by atoms with E-state index in [0.717, 1.165) is 0 Å². The van der Waals surface area contributed by atoms with E-state index in [1.165, 1.54) is 6.07 Å². The average Bonchev–Trinajstić information content (AvgIpc) is 2.37. The zero-order chi connectivity index (χ0) is 14.3. The van der Waals surface area contributed by atoms with E-state index in [4.69, 9.17) is 5.73 Å². The van der Waals surface area contributed by atoms with E-state index in [9.17, 15) is 9.18 Å². The lowest BCUT2D eigenvalue weighted by Gasteiger charge is -2.24. The van der Waals surface area contributed by atoms with Gasteiger partial charge in [-0.3, -0.25) is 4.79 Å². The van der Waals surface area contributed by atoms with Crippen LogP contribution in [0.25, 0.3) is 0 Å². The zero-order valence-electron chi connectivity index (χ0n) is 11.1. The second-order valence-electron chi connectivity index (χ2n) is 5.04. The van der Waals surface area contributed by atoms with E-state index in [-0.39, 0.29) is 29.9 Å². The van der Waals surface area contributed by atoms with Crippen molar-refractivity contribution in [3.63, 3.8) is 0 Å². The number of hydrogen-bond donors (Lipinski definition) is 1. The topological polar surface area (TPSA) is 68.9 Å². The van der Waals surface area contributed by atoms with Crippen molar-refractivity contribution < 1.29 is 9.18 Å². The van der Waals surface area contributed by atoms with Gasteiger partial charge in [-0.25, -0.2) is 14.4 Å². The van der Waals surface area contributed by atoms with Crippen LogP contribution in [0.4, 0.5) is 10.3 Å². The van der Waals surface area contributed by atoms with Gasteiger partial charge in [0.1, 0.15) is 5.82 Å². The van der Waals surface area contributed by atoms with E-state index in [1.807, 2.05) is 0 Å². The minimum Gasteiger partial charge on any atom is -0.368 e. The van der Waals surface area contributed by atoms with Crippen molar-refractivity contribution in [2.24, 2.45) is 0 Å². The van der Waals surface area contributed by atoms with Gasteiger partial charge in [-0.05, 0) is 30.9 Å². The molecule has 1 aliphatic carbocycles. The molecule has 1 atom stereocenters. The van der Waals surface area contributed by atoms with Gasteiger partial charge in [0.05, 0.1) is 17.0 Å². The molecule has 5 heteroatoms. The van der Waals surface area contributed by atoms with Crippen LogP contribution in [0, 0.1) is 12.7 Å². The lowest BCUT2D eigenvalue weighted by atomic mass is 9.81. The lowest BCUT2D eigenvalue weighted by Crippen LogP contribution is -2.23. The third kappa shape index (κ3) is 2.05. The van der Waals surface area contributed by atoms with Crippen molar-refractivity contribution >= 4 is 11.7 Å². The molecule has 0 amide bonds. The van der Waals surface area contributed by atoms with Crippen LogP contribution in [0.3, 0.4) is 0 Å². The Morgan fingerprint density at radius 2 is 2.00 bits per heavy atom. The number of carbonyl (C=O) groups excluding carboxylic acids is 1. The Labute approximate surface area is 115 Å². The SMILES string of the molecule is Cc1nc(N)nc2c1C(=O)CC(c1ccccc1F)C2. The molecule has 0 spiro atoms. The number of nitrogens with zero attached hydrogens (tertiary/aromatic N) is 2. The molecule has 0 fully saturated rings. The van der Waals surface area contributed by atoms with Crippen molar-refractivity contribution in [3.8, 4) is 0 Å². The maximum absolute atomic E-state index is 13.9. The molecule has 0 aliphatic heterocycles. The summed E-state index contributed by atoms with van der Waals surface area (Å²) in [6.45, 7) is 1.75. The standard InChI is InChI=1S/C15H14FN3O/c1-8-14-12(19-15(17)18-8)6-9(7-13(14)20)10-4-2-3-5-11(10)16/h2-5,9H,6-7H2,1H3,(H2,17,18,19). The summed E-state index contributed by atoms with van der Waals surface area (Å²) in [7, 11) is 0. The lowest BCUT2D eigenvalue weighted by molar-refractivity contribution is 0.0961. The third-order valence-electron chi connectivity index (χ3n) is 3.68. The van der Waals surface area contributed by atoms with Crippen LogP contribution in [0.15, 0.2) is 24.3 Å². The molecule has 0 radical (unpaired) electrons. The summed E-state index contributed by atoms with van der Waals surface area (Å²) in [5.41, 5.74) is 7.97. The quantitative estimate of drug-likeness (QED) is 0.864. The summed E-state index contributed by atoms with van der Waals surface area (Å²) in [6, 6.07) is 6.55. The molecule has 1 heterocycles. The highest BCUT2D eigenvalue weighted by molar-refractivity contribution is 5.99. The number of Topliss-reactive ketones (excluding diaryl/α,β-unsaturated/α-hetero) is 1. The number of hydrogen-bond acceptors (Lipinski definition) is 4. The van der Waals surface area contributed by atoms with Gasteiger partial charge < -0.3 is 5.73 Å². The van der Waals surface area contributed by atoms with Crippen molar-refractivity contribution in [2.75, 3.05) is 5.73 Å². The van der Waals surface area contributed by atoms with Gasteiger partial charge in [0, 0.05) is 6.42 Å². The van der Waals surface area contributed by atoms with E-state index >= 15 is 0 Å². The summed E-state index contributed by atoms with van der Waals surface area (Å²) < 4.78 is 13.9. The molecule has 0 bridgehead atoms. The number of aromatic nitrogens is 2. The predicted octanol–water partition coefficient (Wildman–Crippen LogP) is 2.42. The minimum absolute atomic E-state index is 0.0444. The number of carbonyl (C=O) groups is 1. The number of halogens is 1. The smallest absolute Gasteiger partial charge is 0.220 e. The van der Waals surface area contributed by atoms with Crippen molar-refractivity contribution in [2.45, 2.75) is 25.7 Å². The van der Waals surface area contributed by atoms with Crippen molar-refractivity contribution in [1.29, 1.82) is 0 Å². The van der Waals surface area contributed by atoms with E-state index < -0.39 is 0 Å². The largest absolute Gasteiger partial charge is 0.368 e. The highest BCUT2D eigenvalue weighted by Gasteiger charge is 2.30. The fraction of sp³-hybridized carbons (Fsp3) is 0.267. The molecular weight excluding hydrogens is 257 g/mol. The third-order valence-corrected chi connectivity index (χ3v) is 3.68. The molecule has 4 nitrogen and oxygen atoms in total. The monoisotopic (exact) mass is 271 g/mol. The Bertz CT molecular complexity index is 700. The van der Waals surface area contributed by atoms with Gasteiger partial charge in [-0.1, -0.05) is 18.2 Å². The fourth-order valence-corrected chi connectivity index (χ4v) is 2.82. The molecule has 1 aliphatic rings. The second kappa shape index (κ2) is 4.67. The maximum Gasteiger partial charge on any atom is 0.220 e. The first-order valence-electron chi connectivity index (χ1n) is 6.47. The Kier molecular flexibility index (Phi) is 2.97.